The van der Waals surface area contributed by atoms with Crippen molar-refractivity contribution in [2.75, 3.05) is 19.6 Å². The third-order valence-corrected chi connectivity index (χ3v) is 4.18. The van der Waals surface area contributed by atoms with Crippen LogP contribution in [-0.2, 0) is 6.54 Å². The molecule has 1 aromatic heterocycles. The smallest absolute Gasteiger partial charge is 0.124 e. The van der Waals surface area contributed by atoms with E-state index >= 15 is 0 Å². The van der Waals surface area contributed by atoms with E-state index in [1.54, 1.807) is 18.3 Å². The van der Waals surface area contributed by atoms with Gasteiger partial charge in [-0.2, -0.15) is 0 Å². The van der Waals surface area contributed by atoms with E-state index in [4.69, 9.17) is 0 Å². The molecule has 3 nitrogen and oxygen atoms in total. The number of nitrogens with zero attached hydrogens (tertiary/aromatic N) is 2. The van der Waals surface area contributed by atoms with E-state index in [9.17, 15) is 4.39 Å². The van der Waals surface area contributed by atoms with E-state index in [2.05, 4.69) is 22.1 Å². The van der Waals surface area contributed by atoms with E-state index in [0.717, 1.165) is 49.1 Å². The van der Waals surface area contributed by atoms with Crippen molar-refractivity contribution in [3.8, 4) is 0 Å². The normalized spacial score (nSPS) is 18.7. The minimum absolute atomic E-state index is 0.175. The van der Waals surface area contributed by atoms with Crippen molar-refractivity contribution in [3.63, 3.8) is 0 Å². The molecule has 21 heavy (non-hydrogen) atoms. The number of nitrogens with one attached hydrogen (secondary N) is 1. The van der Waals surface area contributed by atoms with Crippen molar-refractivity contribution in [2.45, 2.75) is 32.4 Å². The monoisotopic (exact) mass is 287 g/mol. The molecule has 1 unspecified atom stereocenters. The first-order valence-corrected chi connectivity index (χ1v) is 7.76. The molecule has 0 saturated carbocycles. The highest BCUT2D eigenvalue weighted by Crippen LogP contribution is 2.22. The molecule has 0 amide bonds. The van der Waals surface area contributed by atoms with Crippen LogP contribution in [0.2, 0.25) is 0 Å². The molecule has 1 saturated heterocycles. The summed E-state index contributed by atoms with van der Waals surface area (Å²) in [5, 5.41) is 4.30. The maximum absolute atomic E-state index is 13.9. The summed E-state index contributed by atoms with van der Waals surface area (Å²) in [5.74, 6) is -0.175. The van der Waals surface area contributed by atoms with Gasteiger partial charge < -0.3 is 5.32 Å². The first-order valence-electron chi connectivity index (χ1n) is 7.76. The van der Waals surface area contributed by atoms with Crippen LogP contribution in [0.1, 0.15) is 25.3 Å². The summed E-state index contributed by atoms with van der Waals surface area (Å²) in [7, 11) is 0. The van der Waals surface area contributed by atoms with Crippen molar-refractivity contribution < 1.29 is 4.39 Å². The minimum atomic E-state index is -0.175. The van der Waals surface area contributed by atoms with Crippen molar-refractivity contribution in [2.24, 2.45) is 0 Å². The predicted octanol–water partition coefficient (Wildman–Crippen LogP) is 2.95. The number of aromatic nitrogens is 1. The average molecular weight is 287 g/mol. The standard InChI is InChI=1S/C17H22FN3/c1-2-8-21(16-5-7-19-11-16)12-14-10-15(18)9-13-4-3-6-20-17(13)14/h3-4,6,9-10,16,19H,2,5,7-8,11-12H2,1H3. The maximum Gasteiger partial charge on any atom is 0.124 e. The summed E-state index contributed by atoms with van der Waals surface area (Å²) in [4.78, 5) is 6.91. The van der Waals surface area contributed by atoms with Gasteiger partial charge in [0.15, 0.2) is 0 Å². The average Bonchev–Trinajstić information content (AvgIpc) is 3.00. The van der Waals surface area contributed by atoms with Crippen LogP contribution in [0, 0.1) is 5.82 Å². The summed E-state index contributed by atoms with van der Waals surface area (Å²) >= 11 is 0. The van der Waals surface area contributed by atoms with Crippen LogP contribution in [-0.4, -0.2) is 35.6 Å². The summed E-state index contributed by atoms with van der Waals surface area (Å²) in [6.45, 7) is 6.10. The van der Waals surface area contributed by atoms with Crippen LogP contribution < -0.4 is 5.32 Å². The zero-order chi connectivity index (χ0) is 14.7. The molecular formula is C17H22FN3. The minimum Gasteiger partial charge on any atom is -0.315 e. The van der Waals surface area contributed by atoms with Gasteiger partial charge in [0, 0.05) is 30.7 Å². The quantitative estimate of drug-likeness (QED) is 0.916. The van der Waals surface area contributed by atoms with Gasteiger partial charge in [0.25, 0.3) is 0 Å². The second-order valence-electron chi connectivity index (χ2n) is 5.76. The summed E-state index contributed by atoms with van der Waals surface area (Å²) in [6.07, 6.45) is 4.06. The molecule has 0 spiro atoms. The lowest BCUT2D eigenvalue weighted by molar-refractivity contribution is 0.200. The lowest BCUT2D eigenvalue weighted by Gasteiger charge is -2.28. The van der Waals surface area contributed by atoms with Crippen molar-refractivity contribution >= 4 is 10.9 Å². The van der Waals surface area contributed by atoms with Crippen LogP contribution in [0.5, 0.6) is 0 Å². The van der Waals surface area contributed by atoms with Crippen molar-refractivity contribution in [1.29, 1.82) is 0 Å². The van der Waals surface area contributed by atoms with Gasteiger partial charge in [0.1, 0.15) is 5.82 Å². The second kappa shape index (κ2) is 6.50. The van der Waals surface area contributed by atoms with Gasteiger partial charge in [0.05, 0.1) is 5.52 Å². The van der Waals surface area contributed by atoms with Gasteiger partial charge >= 0.3 is 0 Å². The fraction of sp³-hybridized carbons (Fsp3) is 0.471. The molecule has 1 fully saturated rings. The summed E-state index contributed by atoms with van der Waals surface area (Å²) in [5.41, 5.74) is 1.91. The highest BCUT2D eigenvalue weighted by molar-refractivity contribution is 5.81. The van der Waals surface area contributed by atoms with E-state index in [-0.39, 0.29) is 5.82 Å². The topological polar surface area (TPSA) is 28.2 Å². The molecular weight excluding hydrogens is 265 g/mol. The Kier molecular flexibility index (Phi) is 4.46. The lowest BCUT2D eigenvalue weighted by Crippen LogP contribution is -2.37. The van der Waals surface area contributed by atoms with Gasteiger partial charge in [-0.05, 0) is 49.7 Å². The highest BCUT2D eigenvalue weighted by Gasteiger charge is 2.22. The van der Waals surface area contributed by atoms with Crippen LogP contribution in [0.3, 0.4) is 0 Å². The third-order valence-electron chi connectivity index (χ3n) is 4.18. The fourth-order valence-corrected chi connectivity index (χ4v) is 3.20. The van der Waals surface area contributed by atoms with Gasteiger partial charge in [-0.15, -0.1) is 0 Å². The molecule has 0 aliphatic carbocycles. The largest absolute Gasteiger partial charge is 0.315 e. The molecule has 1 aromatic carbocycles. The fourth-order valence-electron chi connectivity index (χ4n) is 3.20. The Bertz CT molecular complexity index is 608. The molecule has 2 heterocycles. The van der Waals surface area contributed by atoms with Crippen molar-refractivity contribution in [1.82, 2.24) is 15.2 Å². The SMILES string of the molecule is CCCN(Cc1cc(F)cc2cccnc12)C1CCNC1. The first kappa shape index (κ1) is 14.4. The van der Waals surface area contributed by atoms with Gasteiger partial charge in [-0.25, -0.2) is 4.39 Å². The molecule has 1 aliphatic heterocycles. The number of benzene rings is 1. The Morgan fingerprint density at radius 1 is 1.43 bits per heavy atom. The molecule has 1 atom stereocenters. The molecule has 0 bridgehead atoms. The number of pyridine rings is 1. The molecule has 0 radical (unpaired) electrons. The van der Waals surface area contributed by atoms with Crippen LogP contribution in [0.25, 0.3) is 10.9 Å². The molecule has 1 aliphatic rings. The Morgan fingerprint density at radius 3 is 3.10 bits per heavy atom. The zero-order valence-corrected chi connectivity index (χ0v) is 12.5. The number of halogens is 1. The van der Waals surface area contributed by atoms with Crippen LogP contribution in [0.15, 0.2) is 30.5 Å². The summed E-state index contributed by atoms with van der Waals surface area (Å²) < 4.78 is 13.9. The van der Waals surface area contributed by atoms with Gasteiger partial charge in [0.2, 0.25) is 0 Å². The van der Waals surface area contributed by atoms with Crippen molar-refractivity contribution in [3.05, 3.63) is 41.8 Å². The Morgan fingerprint density at radius 2 is 2.33 bits per heavy atom. The van der Waals surface area contributed by atoms with E-state index in [1.165, 1.54) is 6.42 Å². The molecule has 112 valence electrons. The molecule has 4 heteroatoms. The number of hydrogen-bond donors (Lipinski definition) is 1. The second-order valence-corrected chi connectivity index (χ2v) is 5.76. The summed E-state index contributed by atoms with van der Waals surface area (Å²) in [6, 6.07) is 7.53. The van der Waals surface area contributed by atoms with Gasteiger partial charge in [-0.1, -0.05) is 13.0 Å². The van der Waals surface area contributed by atoms with Crippen LogP contribution >= 0.6 is 0 Å². The van der Waals surface area contributed by atoms with E-state index < -0.39 is 0 Å². The highest BCUT2D eigenvalue weighted by atomic mass is 19.1. The van der Waals surface area contributed by atoms with Gasteiger partial charge in [-0.3, -0.25) is 9.88 Å². The van der Waals surface area contributed by atoms with Crippen LogP contribution in [0.4, 0.5) is 4.39 Å². The number of fused-ring (bicyclic) bond motifs is 1. The molecule has 3 rings (SSSR count). The lowest BCUT2D eigenvalue weighted by atomic mass is 10.1. The number of rotatable bonds is 5. The zero-order valence-electron chi connectivity index (χ0n) is 12.5. The number of hydrogen-bond acceptors (Lipinski definition) is 3. The molecule has 1 N–H and O–H groups in total. The maximum atomic E-state index is 13.9. The Hall–Kier alpha value is -1.52. The predicted molar refractivity (Wildman–Crippen MR) is 83.7 cm³/mol. The molecule has 2 aromatic rings. The Labute approximate surface area is 125 Å². The van der Waals surface area contributed by atoms with E-state index in [0.29, 0.717) is 6.04 Å². The first-order chi connectivity index (χ1) is 10.3. The third kappa shape index (κ3) is 3.22. The van der Waals surface area contributed by atoms with E-state index in [1.807, 2.05) is 12.1 Å². The Balaban J connectivity index is 1.91.